The van der Waals surface area contributed by atoms with Crippen molar-refractivity contribution < 1.29 is 9.53 Å². The van der Waals surface area contributed by atoms with Crippen LogP contribution in [0.5, 0.6) is 0 Å². The second-order valence-electron chi connectivity index (χ2n) is 8.59. The lowest BCUT2D eigenvalue weighted by Crippen LogP contribution is -2.44. The summed E-state index contributed by atoms with van der Waals surface area (Å²) < 4.78 is 6.78. The van der Waals surface area contributed by atoms with Gasteiger partial charge in [-0.1, -0.05) is 83.4 Å². The van der Waals surface area contributed by atoms with Crippen molar-refractivity contribution in [1.82, 2.24) is 0 Å². The standard InChI is InChI=1S/C22H38O2Si/c1-8-10-12-17-20(23)19(9-2)21(18-15-13-11-14-16-18)24-25(6,7)22(3,4)5/h9,11,13-16,19-21,23H,2,8,10,12,17H2,1,3-7H3/t19-,20+,21-/m1/s1. The van der Waals surface area contributed by atoms with Crippen LogP contribution in [0, 0.1) is 5.92 Å². The Morgan fingerprint density at radius 1 is 1.16 bits per heavy atom. The van der Waals surface area contributed by atoms with E-state index in [2.05, 4.69) is 59.5 Å². The molecule has 0 aliphatic carbocycles. The van der Waals surface area contributed by atoms with Gasteiger partial charge in [-0.3, -0.25) is 0 Å². The first-order valence-corrected chi connectivity index (χ1v) is 12.6. The Labute approximate surface area is 156 Å². The monoisotopic (exact) mass is 362 g/mol. The molecule has 1 N–H and O–H groups in total. The van der Waals surface area contributed by atoms with Crippen molar-refractivity contribution in [1.29, 1.82) is 0 Å². The molecule has 0 fully saturated rings. The summed E-state index contributed by atoms with van der Waals surface area (Å²) in [5.41, 5.74) is 1.13. The maximum absolute atomic E-state index is 10.8. The third kappa shape index (κ3) is 6.39. The summed E-state index contributed by atoms with van der Waals surface area (Å²) in [5.74, 6) is -0.0895. The maximum atomic E-state index is 10.8. The van der Waals surface area contributed by atoms with E-state index in [0.29, 0.717) is 0 Å². The zero-order chi connectivity index (χ0) is 19.1. The lowest BCUT2D eigenvalue weighted by atomic mass is 9.88. The molecule has 0 aliphatic heterocycles. The van der Waals surface area contributed by atoms with Crippen LogP contribution in [0.1, 0.15) is 65.0 Å². The molecule has 25 heavy (non-hydrogen) atoms. The Morgan fingerprint density at radius 2 is 1.76 bits per heavy atom. The summed E-state index contributed by atoms with van der Waals surface area (Å²) in [7, 11) is -1.97. The summed E-state index contributed by atoms with van der Waals surface area (Å²) in [6.45, 7) is 17.5. The molecule has 0 saturated carbocycles. The Bertz CT molecular complexity index is 505. The fourth-order valence-electron chi connectivity index (χ4n) is 2.78. The molecule has 0 unspecified atom stereocenters. The normalized spacial score (nSPS) is 16.3. The Hall–Kier alpha value is -0.903. The molecule has 1 aromatic carbocycles. The fraction of sp³-hybridized carbons (Fsp3) is 0.636. The van der Waals surface area contributed by atoms with Crippen molar-refractivity contribution >= 4 is 8.32 Å². The van der Waals surface area contributed by atoms with Gasteiger partial charge in [-0.2, -0.15) is 0 Å². The van der Waals surface area contributed by atoms with Crippen LogP contribution in [-0.4, -0.2) is 19.5 Å². The molecule has 1 aromatic rings. The number of benzene rings is 1. The molecule has 0 amide bonds. The van der Waals surface area contributed by atoms with Gasteiger partial charge in [0.25, 0.3) is 0 Å². The van der Waals surface area contributed by atoms with Gasteiger partial charge in [0.05, 0.1) is 12.2 Å². The van der Waals surface area contributed by atoms with Crippen LogP contribution < -0.4 is 0 Å². The summed E-state index contributed by atoms with van der Waals surface area (Å²) in [6, 6.07) is 10.3. The molecular weight excluding hydrogens is 324 g/mol. The zero-order valence-electron chi connectivity index (χ0n) is 17.1. The number of rotatable bonds is 10. The highest BCUT2D eigenvalue weighted by molar-refractivity contribution is 6.74. The highest BCUT2D eigenvalue weighted by atomic mass is 28.4. The van der Waals surface area contributed by atoms with Gasteiger partial charge in [0.15, 0.2) is 8.32 Å². The molecule has 0 aliphatic rings. The predicted molar refractivity (Wildman–Crippen MR) is 111 cm³/mol. The van der Waals surface area contributed by atoms with Gasteiger partial charge in [-0.05, 0) is 30.1 Å². The van der Waals surface area contributed by atoms with Crippen LogP contribution in [0.3, 0.4) is 0 Å². The van der Waals surface area contributed by atoms with E-state index in [9.17, 15) is 5.11 Å². The first-order valence-electron chi connectivity index (χ1n) is 9.67. The average molecular weight is 363 g/mol. The van der Waals surface area contributed by atoms with E-state index < -0.39 is 14.4 Å². The van der Waals surface area contributed by atoms with Crippen LogP contribution in [0.15, 0.2) is 43.0 Å². The Morgan fingerprint density at radius 3 is 2.24 bits per heavy atom. The maximum Gasteiger partial charge on any atom is 0.192 e. The molecule has 0 radical (unpaired) electrons. The van der Waals surface area contributed by atoms with Crippen LogP contribution in [0.4, 0.5) is 0 Å². The molecule has 3 atom stereocenters. The summed E-state index contributed by atoms with van der Waals surface area (Å²) in [6.07, 6.45) is 5.49. The lowest BCUT2D eigenvalue weighted by molar-refractivity contribution is 0.0364. The fourth-order valence-corrected chi connectivity index (χ4v) is 4.07. The molecule has 3 heteroatoms. The van der Waals surface area contributed by atoms with Crippen molar-refractivity contribution in [2.45, 2.75) is 83.7 Å². The van der Waals surface area contributed by atoms with E-state index >= 15 is 0 Å². The van der Waals surface area contributed by atoms with Gasteiger partial charge in [-0.15, -0.1) is 6.58 Å². The minimum Gasteiger partial charge on any atom is -0.409 e. The Balaban J connectivity index is 3.10. The van der Waals surface area contributed by atoms with E-state index in [1.165, 1.54) is 0 Å². The number of aliphatic hydroxyl groups is 1. The van der Waals surface area contributed by atoms with Crippen LogP contribution in [0.25, 0.3) is 0 Å². The minimum atomic E-state index is -1.97. The molecule has 0 saturated heterocycles. The molecule has 0 bridgehead atoms. The van der Waals surface area contributed by atoms with Crippen LogP contribution in [-0.2, 0) is 4.43 Å². The van der Waals surface area contributed by atoms with Crippen LogP contribution in [0.2, 0.25) is 18.1 Å². The van der Waals surface area contributed by atoms with E-state index in [-0.39, 0.29) is 17.1 Å². The molecule has 0 spiro atoms. The zero-order valence-corrected chi connectivity index (χ0v) is 18.1. The first kappa shape index (κ1) is 22.1. The molecule has 0 aromatic heterocycles. The number of hydrogen-bond donors (Lipinski definition) is 1. The summed E-state index contributed by atoms with van der Waals surface area (Å²) in [4.78, 5) is 0. The number of unbranched alkanes of at least 4 members (excludes halogenated alkanes) is 2. The van der Waals surface area contributed by atoms with Gasteiger partial charge < -0.3 is 9.53 Å². The van der Waals surface area contributed by atoms with E-state index in [1.807, 2.05) is 24.3 Å². The lowest BCUT2D eigenvalue weighted by Gasteiger charge is -2.42. The predicted octanol–water partition coefficient (Wildman–Crippen LogP) is 6.49. The van der Waals surface area contributed by atoms with Gasteiger partial charge in [-0.25, -0.2) is 0 Å². The molecule has 0 heterocycles. The summed E-state index contributed by atoms with van der Waals surface area (Å²) in [5, 5.41) is 11.0. The highest BCUT2D eigenvalue weighted by Crippen LogP contribution is 2.42. The van der Waals surface area contributed by atoms with Crippen molar-refractivity contribution in [3.63, 3.8) is 0 Å². The second kappa shape index (κ2) is 9.70. The van der Waals surface area contributed by atoms with Crippen molar-refractivity contribution in [2.24, 2.45) is 5.92 Å². The van der Waals surface area contributed by atoms with Crippen molar-refractivity contribution in [3.8, 4) is 0 Å². The van der Waals surface area contributed by atoms with Gasteiger partial charge >= 0.3 is 0 Å². The topological polar surface area (TPSA) is 29.5 Å². The van der Waals surface area contributed by atoms with Gasteiger partial charge in [0, 0.05) is 5.92 Å². The third-order valence-corrected chi connectivity index (χ3v) is 9.98. The molecule has 142 valence electrons. The number of aliphatic hydroxyl groups excluding tert-OH is 1. The second-order valence-corrected chi connectivity index (χ2v) is 13.3. The average Bonchev–Trinajstić information content (AvgIpc) is 2.54. The largest absolute Gasteiger partial charge is 0.409 e. The van der Waals surface area contributed by atoms with Crippen LogP contribution >= 0.6 is 0 Å². The van der Waals surface area contributed by atoms with Gasteiger partial charge in [0.2, 0.25) is 0 Å². The van der Waals surface area contributed by atoms with Gasteiger partial charge in [0.1, 0.15) is 0 Å². The van der Waals surface area contributed by atoms with E-state index in [0.717, 1.165) is 31.2 Å². The Kier molecular flexibility index (Phi) is 8.59. The van der Waals surface area contributed by atoms with Crippen molar-refractivity contribution in [3.05, 3.63) is 48.6 Å². The number of hydrogen-bond acceptors (Lipinski definition) is 2. The first-order chi connectivity index (χ1) is 11.6. The van der Waals surface area contributed by atoms with E-state index in [1.54, 1.807) is 0 Å². The van der Waals surface area contributed by atoms with E-state index in [4.69, 9.17) is 4.43 Å². The molecule has 2 nitrogen and oxygen atoms in total. The SMILES string of the molecule is C=C[C@@H]([C@H](O[Si](C)(C)C(C)(C)C)c1ccccc1)[C@@H](O)CCCCC. The molecular formula is C22H38O2Si. The minimum absolute atomic E-state index is 0.0895. The summed E-state index contributed by atoms with van der Waals surface area (Å²) >= 11 is 0. The smallest absolute Gasteiger partial charge is 0.192 e. The van der Waals surface area contributed by atoms with Crippen molar-refractivity contribution in [2.75, 3.05) is 0 Å². The highest BCUT2D eigenvalue weighted by Gasteiger charge is 2.41. The third-order valence-electron chi connectivity index (χ3n) is 5.53. The quantitative estimate of drug-likeness (QED) is 0.293. The molecule has 1 rings (SSSR count).